The lowest BCUT2D eigenvalue weighted by atomic mass is 10.00. The summed E-state index contributed by atoms with van der Waals surface area (Å²) >= 11 is 7.40. The van der Waals surface area contributed by atoms with E-state index < -0.39 is 11.3 Å². The summed E-state index contributed by atoms with van der Waals surface area (Å²) in [5.74, 6) is 0.416. The maximum atomic E-state index is 13.2. The lowest BCUT2D eigenvalue weighted by Gasteiger charge is -2.27. The summed E-state index contributed by atoms with van der Waals surface area (Å²) in [5, 5.41) is 3.28. The van der Waals surface area contributed by atoms with Crippen LogP contribution in [0.4, 0.5) is 11.4 Å². The van der Waals surface area contributed by atoms with Gasteiger partial charge < -0.3 is 5.32 Å². The third-order valence-corrected chi connectivity index (χ3v) is 6.85. The van der Waals surface area contributed by atoms with Gasteiger partial charge in [-0.15, -0.1) is 0 Å². The second-order valence-corrected chi connectivity index (χ2v) is 9.31. The van der Waals surface area contributed by atoms with Crippen molar-refractivity contribution in [3.63, 3.8) is 0 Å². The number of aliphatic imine (C=N–C) groups is 2. The number of fused-ring (bicyclic) bond motifs is 3. The number of anilines is 1. The third-order valence-electron chi connectivity index (χ3n) is 5.46. The maximum Gasteiger partial charge on any atom is 0.259 e. The van der Waals surface area contributed by atoms with Gasteiger partial charge in [0.05, 0.1) is 21.6 Å². The Bertz CT molecular complexity index is 1100. The minimum absolute atomic E-state index is 0.0937. The summed E-state index contributed by atoms with van der Waals surface area (Å²) in [4.78, 5) is 37.1. The van der Waals surface area contributed by atoms with Crippen LogP contribution in [0.2, 0.25) is 5.02 Å². The van der Waals surface area contributed by atoms with Crippen molar-refractivity contribution in [1.82, 2.24) is 4.90 Å². The van der Waals surface area contributed by atoms with E-state index in [1.807, 2.05) is 44.2 Å². The highest BCUT2D eigenvalue weighted by molar-refractivity contribution is 8.15. The predicted molar refractivity (Wildman–Crippen MR) is 127 cm³/mol. The topological polar surface area (TPSA) is 74.1 Å². The number of hydrogen-bond acceptors (Lipinski definition) is 5. The average molecular weight is 455 g/mol. The van der Waals surface area contributed by atoms with E-state index in [1.165, 1.54) is 11.8 Å². The van der Waals surface area contributed by atoms with Crippen LogP contribution in [0.3, 0.4) is 0 Å². The number of benzene rings is 2. The first kappa shape index (κ1) is 21.6. The zero-order valence-corrected chi connectivity index (χ0v) is 19.1. The van der Waals surface area contributed by atoms with E-state index in [1.54, 1.807) is 30.0 Å². The minimum Gasteiger partial charge on any atom is -0.324 e. The Morgan fingerprint density at radius 2 is 1.90 bits per heavy atom. The van der Waals surface area contributed by atoms with Gasteiger partial charge in [0.25, 0.3) is 5.91 Å². The number of thioether (sulfide) groups is 1. The number of hydrogen-bond donors (Lipinski definition) is 1. The molecule has 0 aromatic heterocycles. The molecule has 0 saturated heterocycles. The van der Waals surface area contributed by atoms with Crippen molar-refractivity contribution < 1.29 is 9.59 Å². The van der Waals surface area contributed by atoms with Crippen molar-refractivity contribution in [1.29, 1.82) is 0 Å². The Morgan fingerprint density at radius 3 is 2.65 bits per heavy atom. The van der Waals surface area contributed by atoms with Gasteiger partial charge in [-0.1, -0.05) is 67.9 Å². The average Bonchev–Trinajstić information content (AvgIpc) is 3.12. The van der Waals surface area contributed by atoms with E-state index in [9.17, 15) is 9.59 Å². The summed E-state index contributed by atoms with van der Waals surface area (Å²) in [5.41, 5.74) is 2.13. The molecule has 0 radical (unpaired) electrons. The van der Waals surface area contributed by atoms with Crippen molar-refractivity contribution in [2.75, 3.05) is 5.32 Å². The molecule has 2 aliphatic heterocycles. The SMILES string of the molecule is CCC(C)C1N=C2c3ccccc3N=C(SC(C)C(=O)Nc3ccccc3Cl)N2C1=O. The zero-order chi connectivity index (χ0) is 22.1. The molecule has 2 amide bonds. The molecule has 6 nitrogen and oxygen atoms in total. The fourth-order valence-electron chi connectivity index (χ4n) is 3.45. The van der Waals surface area contributed by atoms with Crippen LogP contribution in [0.25, 0.3) is 0 Å². The number of nitrogens with zero attached hydrogens (tertiary/aromatic N) is 3. The molecule has 0 fully saturated rings. The van der Waals surface area contributed by atoms with Crippen LogP contribution in [0.5, 0.6) is 0 Å². The van der Waals surface area contributed by atoms with Crippen LogP contribution in [-0.2, 0) is 9.59 Å². The van der Waals surface area contributed by atoms with E-state index in [0.717, 1.165) is 17.7 Å². The Hall–Kier alpha value is -2.64. The molecule has 0 saturated carbocycles. The van der Waals surface area contributed by atoms with Crippen LogP contribution in [0.1, 0.15) is 32.8 Å². The number of rotatable bonds is 5. The molecule has 2 heterocycles. The fourth-order valence-corrected chi connectivity index (χ4v) is 4.55. The molecule has 0 spiro atoms. The zero-order valence-electron chi connectivity index (χ0n) is 17.5. The Labute approximate surface area is 190 Å². The summed E-state index contributed by atoms with van der Waals surface area (Å²) in [6.07, 6.45) is 0.846. The molecule has 8 heteroatoms. The number of halogens is 1. The van der Waals surface area contributed by atoms with Gasteiger partial charge in [-0.3, -0.25) is 14.6 Å². The highest BCUT2D eigenvalue weighted by Gasteiger charge is 2.43. The number of carbonyl (C=O) groups is 2. The number of carbonyl (C=O) groups excluding carboxylic acids is 2. The minimum atomic E-state index is -0.503. The number of nitrogens with one attached hydrogen (secondary N) is 1. The van der Waals surface area contributed by atoms with Crippen LogP contribution in [0.15, 0.2) is 58.5 Å². The Morgan fingerprint density at radius 1 is 1.19 bits per heavy atom. The highest BCUT2D eigenvalue weighted by Crippen LogP contribution is 2.36. The molecule has 2 aromatic rings. The molecule has 0 bridgehead atoms. The summed E-state index contributed by atoms with van der Waals surface area (Å²) < 4.78 is 0. The predicted octanol–water partition coefficient (Wildman–Crippen LogP) is 5.11. The number of para-hydroxylation sites is 2. The van der Waals surface area contributed by atoms with Crippen LogP contribution in [0, 0.1) is 5.92 Å². The Kier molecular flexibility index (Phi) is 6.16. The van der Waals surface area contributed by atoms with Gasteiger partial charge in [-0.2, -0.15) is 0 Å². The lowest BCUT2D eigenvalue weighted by Crippen LogP contribution is -2.43. The van der Waals surface area contributed by atoms with Crippen LogP contribution >= 0.6 is 23.4 Å². The highest BCUT2D eigenvalue weighted by atomic mass is 35.5. The maximum absolute atomic E-state index is 13.2. The van der Waals surface area contributed by atoms with E-state index in [4.69, 9.17) is 21.6 Å². The molecule has 4 rings (SSSR count). The van der Waals surface area contributed by atoms with Gasteiger partial charge in [0, 0.05) is 5.56 Å². The molecule has 31 heavy (non-hydrogen) atoms. The first-order valence-corrected chi connectivity index (χ1v) is 11.5. The molecule has 160 valence electrons. The van der Waals surface area contributed by atoms with Gasteiger partial charge in [-0.25, -0.2) is 9.89 Å². The number of amides is 2. The van der Waals surface area contributed by atoms with E-state index in [0.29, 0.717) is 21.7 Å². The smallest absolute Gasteiger partial charge is 0.259 e. The molecule has 3 atom stereocenters. The molecular formula is C23H23ClN4O2S. The Balaban J connectivity index is 1.61. The molecule has 2 aliphatic rings. The second kappa shape index (κ2) is 8.85. The standard InChI is InChI=1S/C23H23ClN4O2S/c1-4-13(2)19-22(30)28-20(27-19)15-9-5-7-11-17(15)26-23(28)31-14(3)21(29)25-18-12-8-6-10-16(18)24/h5-14,19H,4H2,1-3H3,(H,25,29). The molecule has 0 aliphatic carbocycles. The number of amidine groups is 2. The molecule has 2 aromatic carbocycles. The fraction of sp³-hybridized carbons (Fsp3) is 0.304. The summed E-state index contributed by atoms with van der Waals surface area (Å²) in [6, 6.07) is 14.3. The molecule has 3 unspecified atom stereocenters. The van der Waals surface area contributed by atoms with Gasteiger partial charge in [0.15, 0.2) is 5.17 Å². The molecular weight excluding hydrogens is 432 g/mol. The largest absolute Gasteiger partial charge is 0.324 e. The van der Waals surface area contributed by atoms with Crippen molar-refractivity contribution in [2.24, 2.45) is 15.9 Å². The van der Waals surface area contributed by atoms with Gasteiger partial charge in [0.2, 0.25) is 5.91 Å². The van der Waals surface area contributed by atoms with Crippen molar-refractivity contribution >= 4 is 57.6 Å². The van der Waals surface area contributed by atoms with E-state index in [2.05, 4.69) is 5.32 Å². The van der Waals surface area contributed by atoms with Crippen LogP contribution in [-0.4, -0.2) is 39.0 Å². The monoisotopic (exact) mass is 454 g/mol. The normalized spacial score (nSPS) is 19.2. The molecule has 1 N–H and O–H groups in total. The van der Waals surface area contributed by atoms with E-state index >= 15 is 0 Å². The second-order valence-electron chi connectivity index (χ2n) is 7.60. The van der Waals surface area contributed by atoms with Gasteiger partial charge in [0.1, 0.15) is 11.9 Å². The van der Waals surface area contributed by atoms with Gasteiger partial charge >= 0.3 is 0 Å². The van der Waals surface area contributed by atoms with Crippen LogP contribution < -0.4 is 5.32 Å². The quantitative estimate of drug-likeness (QED) is 0.682. The third kappa shape index (κ3) is 4.12. The van der Waals surface area contributed by atoms with Crippen molar-refractivity contribution in [3.05, 3.63) is 59.1 Å². The summed E-state index contributed by atoms with van der Waals surface area (Å²) in [6.45, 7) is 5.86. The van der Waals surface area contributed by atoms with Gasteiger partial charge in [-0.05, 0) is 37.1 Å². The van der Waals surface area contributed by atoms with E-state index in [-0.39, 0.29) is 17.7 Å². The van der Waals surface area contributed by atoms with Crippen molar-refractivity contribution in [3.8, 4) is 0 Å². The lowest BCUT2D eigenvalue weighted by molar-refractivity contribution is -0.125. The first-order chi connectivity index (χ1) is 14.9. The van der Waals surface area contributed by atoms with Crippen molar-refractivity contribution in [2.45, 2.75) is 38.5 Å². The summed E-state index contributed by atoms with van der Waals surface area (Å²) in [7, 11) is 0. The first-order valence-electron chi connectivity index (χ1n) is 10.2.